The van der Waals surface area contributed by atoms with Gasteiger partial charge in [-0.05, 0) is 98.0 Å². The van der Waals surface area contributed by atoms with Crippen LogP contribution in [-0.4, -0.2) is 182 Å². The average molecular weight is 1380 g/mol. The van der Waals surface area contributed by atoms with Gasteiger partial charge in [-0.3, -0.25) is 24.0 Å². The number of carbonyl (C=O) groups excluding carboxylic acids is 7. The standard InChI is InChI=1S/C12H21NO3.C10H17NO3.C9H20N2.C8H15NO.C7H13NO.2CH3I.CH5N.CH2O3.CH4.ClH.2K.Na.2H/c1-11(2,3)16-10(15)13-7-6-9(14)12(4,5)8-13;1-10(2,3)14-9(13)11-6-4-8(12)5-7-11;1-9(2)7-11(4)6-5-8(9)10-3;1-8(2)6-9(3)5-4-7(8)10;1-7(2)5-8-4-3-6(7)9;3*1-2;2-1-4-3;;;;;;;/h6-8H2,1-5H3;4-7H2,1-3H3;8,10H,5-7H2,1-4H3;4-6H2,1-3H3;8H,3-5H2,1-2H3;2*1H3;2H2,1H3;1,3H;1H4;1H;;;;;/q;;;;;;;;;;;3*+1;2*-1/p-1. The summed E-state index contributed by atoms with van der Waals surface area (Å²) >= 11 is 4.30. The van der Waals surface area contributed by atoms with Crippen molar-refractivity contribution in [3.63, 3.8) is 0 Å². The number of alkyl halides is 2. The number of rotatable bonds is 2. The summed E-state index contributed by atoms with van der Waals surface area (Å²) in [7, 11) is 7.83. The van der Waals surface area contributed by atoms with Gasteiger partial charge in [0.15, 0.2) is 0 Å². The van der Waals surface area contributed by atoms with Crippen LogP contribution in [0.5, 0.6) is 0 Å². The van der Waals surface area contributed by atoms with Crippen LogP contribution in [0, 0.1) is 21.7 Å². The number of piperidine rings is 5. The number of hydrogen-bond acceptors (Lipinski definition) is 16. The van der Waals surface area contributed by atoms with Crippen molar-refractivity contribution < 1.29 is 188 Å². The molecule has 18 nitrogen and oxygen atoms in total. The third-order valence-electron chi connectivity index (χ3n) is 11.4. The Kier molecular flexibility index (Phi) is 64.2. The van der Waals surface area contributed by atoms with Gasteiger partial charge in [0, 0.05) is 113 Å². The number of carbonyl (C=O) groups is 7. The molecule has 1 unspecified atom stereocenters. The van der Waals surface area contributed by atoms with Crippen molar-refractivity contribution in [2.75, 3.05) is 103 Å². The molecule has 0 saturated carbocycles. The number of hydrogen-bond donors (Lipinski definition) is 3. The molecule has 2 amide bonds. The van der Waals surface area contributed by atoms with Crippen LogP contribution >= 0.6 is 57.6 Å². The Morgan fingerprint density at radius 2 is 1.04 bits per heavy atom. The maximum Gasteiger partial charge on any atom is 1.00 e. The van der Waals surface area contributed by atoms with E-state index >= 15 is 0 Å². The third-order valence-corrected chi connectivity index (χ3v) is 11.4. The van der Waals surface area contributed by atoms with Crippen LogP contribution in [0.2, 0.25) is 0 Å². The fourth-order valence-electron chi connectivity index (χ4n) is 7.64. The second-order valence-electron chi connectivity index (χ2n) is 22.0. The molecule has 24 heteroatoms. The summed E-state index contributed by atoms with van der Waals surface area (Å²) in [5.41, 5.74) is 3.32. The summed E-state index contributed by atoms with van der Waals surface area (Å²) < 4.78 is 10.5. The first kappa shape index (κ1) is 96.6. The van der Waals surface area contributed by atoms with Gasteiger partial charge in [-0.25, -0.2) is 9.59 Å². The largest absolute Gasteiger partial charge is 1.00 e. The van der Waals surface area contributed by atoms with E-state index in [1.54, 1.807) is 9.80 Å². The van der Waals surface area contributed by atoms with E-state index in [2.05, 4.69) is 111 Å². The molecule has 5 fully saturated rings. The van der Waals surface area contributed by atoms with Crippen LogP contribution in [0.1, 0.15) is 146 Å². The molecular weight excluding hydrogens is 1280 g/mol. The van der Waals surface area contributed by atoms with E-state index < -0.39 is 16.6 Å². The fraction of sp³-hybridized carbons (Fsp3) is 0.863. The SMILES string of the molecule is C.CC(C)(C)OC(=O)N1CCC(=O)C(C)(C)C1.CC(C)(C)OC(=O)N1CCC(=O)CC1.CC1(C)CNCCC1=O.CI.CI.CN.CN1CCC(=O)C(C)(C)C1.CNC1CCN(C)CC1(C)C.Cl.O=CO[O-].[H-].[H-].[K+].[K+].[Na+]. The maximum absolute atomic E-state index is 11.8. The minimum Gasteiger partial charge on any atom is -1.00 e. The Morgan fingerprint density at radius 3 is 1.35 bits per heavy atom. The van der Waals surface area contributed by atoms with Crippen LogP contribution in [0.15, 0.2) is 0 Å². The number of likely N-dealkylation sites (tertiary alicyclic amines) is 4. The zero-order valence-electron chi connectivity index (χ0n) is 52.5. The topological polar surface area (TPSA) is 233 Å². The van der Waals surface area contributed by atoms with E-state index in [1.807, 2.05) is 92.9 Å². The van der Waals surface area contributed by atoms with Crippen molar-refractivity contribution in [1.82, 2.24) is 30.2 Å². The predicted octanol–water partition coefficient (Wildman–Crippen LogP) is -1.36. The van der Waals surface area contributed by atoms with Crippen molar-refractivity contribution in [2.24, 2.45) is 27.4 Å². The quantitative estimate of drug-likeness (QED) is 0.0725. The van der Waals surface area contributed by atoms with E-state index in [9.17, 15) is 28.8 Å². The molecule has 4 N–H and O–H groups in total. The molecule has 5 rings (SSSR count). The number of amides is 2. The Morgan fingerprint density at radius 1 is 0.680 bits per heavy atom. The Labute approximate surface area is 600 Å². The number of ether oxygens (including phenoxy) is 2. The minimum absolute atomic E-state index is 0. The van der Waals surface area contributed by atoms with E-state index in [0.717, 1.165) is 32.6 Å². The first-order valence-electron chi connectivity index (χ1n) is 24.0. The predicted molar refractivity (Wildman–Crippen MR) is 313 cm³/mol. The molecule has 434 valence electrons. The summed E-state index contributed by atoms with van der Waals surface area (Å²) in [5.74, 6) is 1.24. The van der Waals surface area contributed by atoms with Crippen LogP contribution in [0.4, 0.5) is 9.59 Å². The Hall–Kier alpha value is 2.47. The number of ketones is 4. The van der Waals surface area contributed by atoms with Crippen LogP contribution in [0.25, 0.3) is 0 Å². The molecule has 0 bridgehead atoms. The van der Waals surface area contributed by atoms with Crippen LogP contribution in [0.3, 0.4) is 0 Å². The van der Waals surface area contributed by atoms with Gasteiger partial charge in [0.2, 0.25) is 0 Å². The first-order valence-corrected chi connectivity index (χ1v) is 28.3. The number of nitrogens with two attached hydrogens (primary N) is 1. The molecule has 0 aromatic heterocycles. The molecule has 0 radical (unpaired) electrons. The minimum atomic E-state index is -0.483. The summed E-state index contributed by atoms with van der Waals surface area (Å²) in [6.45, 7) is 35.1. The molecule has 5 aliphatic heterocycles. The zero-order chi connectivity index (χ0) is 55.9. The van der Waals surface area contributed by atoms with E-state index in [-0.39, 0.29) is 196 Å². The van der Waals surface area contributed by atoms with Gasteiger partial charge in [0.05, 0.1) is 0 Å². The Balaban J connectivity index is -0.0000000744. The molecule has 5 saturated heterocycles. The van der Waals surface area contributed by atoms with Crippen LogP contribution < -0.4 is 154 Å². The van der Waals surface area contributed by atoms with Gasteiger partial charge in [-0.1, -0.05) is 108 Å². The average Bonchev–Trinajstić information content (AvgIpc) is 3.26. The Bertz CT molecular complexity index is 1570. The molecule has 1 atom stereocenters. The van der Waals surface area contributed by atoms with Gasteiger partial charge >= 0.3 is 145 Å². The van der Waals surface area contributed by atoms with Crippen molar-refractivity contribution >= 4 is 99.4 Å². The number of Topliss-reactive ketones (excluding diaryl/α,β-unsaturated/α-hetero) is 4. The van der Waals surface area contributed by atoms with Crippen molar-refractivity contribution in [3.8, 4) is 0 Å². The molecule has 0 aromatic rings. The van der Waals surface area contributed by atoms with Gasteiger partial charge in [0.25, 0.3) is 6.47 Å². The monoisotopic (exact) mass is 1380 g/mol. The molecule has 5 heterocycles. The second-order valence-corrected chi connectivity index (χ2v) is 22.0. The van der Waals surface area contributed by atoms with Crippen molar-refractivity contribution in [2.45, 2.75) is 160 Å². The number of nitrogens with one attached hydrogen (secondary N) is 2. The third kappa shape index (κ3) is 46.5. The van der Waals surface area contributed by atoms with Gasteiger partial charge in [-0.15, -0.1) is 12.4 Å². The fourth-order valence-corrected chi connectivity index (χ4v) is 7.64. The summed E-state index contributed by atoms with van der Waals surface area (Å²) in [6.07, 6.45) is 3.40. The maximum atomic E-state index is 11.8. The molecule has 5 aliphatic rings. The summed E-state index contributed by atoms with van der Waals surface area (Å²) in [4.78, 5) is 91.2. The smallest absolute Gasteiger partial charge is 1.00 e. The van der Waals surface area contributed by atoms with Gasteiger partial charge in [0.1, 0.15) is 34.3 Å². The summed E-state index contributed by atoms with van der Waals surface area (Å²) in [6, 6.07) is 0.693. The molecule has 0 aromatic carbocycles. The van der Waals surface area contributed by atoms with Gasteiger partial charge < -0.3 is 58.4 Å². The molecule has 75 heavy (non-hydrogen) atoms. The first-order chi connectivity index (χ1) is 32.1. The van der Waals surface area contributed by atoms with E-state index in [4.69, 9.17) is 19.5 Å². The number of halogens is 3. The van der Waals surface area contributed by atoms with E-state index in [1.165, 1.54) is 26.6 Å². The second kappa shape index (κ2) is 49.9. The number of nitrogens with zero attached hydrogens (tertiary/aromatic N) is 4. The van der Waals surface area contributed by atoms with Crippen molar-refractivity contribution in [1.29, 1.82) is 0 Å². The molecule has 0 aliphatic carbocycles. The van der Waals surface area contributed by atoms with Crippen molar-refractivity contribution in [3.05, 3.63) is 0 Å². The molecule has 0 spiro atoms. The normalized spacial score (nSPS) is 19.8. The molecular formula is C51H105ClI2K2N7NaO11. The van der Waals surface area contributed by atoms with E-state index in [0.29, 0.717) is 74.9 Å². The summed E-state index contributed by atoms with van der Waals surface area (Å²) in [5, 5.41) is 15.0. The zero-order valence-corrected chi connectivity index (χ0v) is 63.9. The van der Waals surface area contributed by atoms with Gasteiger partial charge in [-0.2, -0.15) is 0 Å². The van der Waals surface area contributed by atoms with Crippen LogP contribution in [-0.2, 0) is 38.3 Å².